The summed E-state index contributed by atoms with van der Waals surface area (Å²) < 4.78 is 11.0. The number of nitrogens with zero attached hydrogens (tertiary/aromatic N) is 2. The first-order valence-electron chi connectivity index (χ1n) is 7.68. The molecule has 1 fully saturated rings. The first kappa shape index (κ1) is 17.5. The monoisotopic (exact) mass is 328 g/mol. The molecule has 0 saturated carbocycles. The Morgan fingerprint density at radius 2 is 1.82 bits per heavy atom. The lowest BCUT2D eigenvalue weighted by Gasteiger charge is -2.33. The van der Waals surface area contributed by atoms with Gasteiger partial charge < -0.3 is 19.5 Å². The number of rotatable bonds is 8. The van der Waals surface area contributed by atoms with E-state index in [-0.39, 0.29) is 0 Å². The number of halogens is 1. The maximum absolute atomic E-state index is 9.98. The topological polar surface area (TPSA) is 45.2 Å². The molecule has 0 spiro atoms. The van der Waals surface area contributed by atoms with E-state index in [1.807, 2.05) is 12.1 Å². The van der Waals surface area contributed by atoms with Gasteiger partial charge >= 0.3 is 0 Å². The average Bonchev–Trinajstić information content (AvgIpc) is 2.51. The molecule has 1 aliphatic rings. The highest BCUT2D eigenvalue weighted by atomic mass is 35.5. The summed E-state index contributed by atoms with van der Waals surface area (Å²) in [7, 11) is 2.12. The van der Waals surface area contributed by atoms with Gasteiger partial charge in [-0.1, -0.05) is 11.6 Å². The predicted octanol–water partition coefficient (Wildman–Crippen LogP) is 1.34. The molecule has 0 aromatic heterocycles. The Labute approximate surface area is 137 Å². The van der Waals surface area contributed by atoms with Gasteiger partial charge in [0.05, 0.1) is 19.3 Å². The van der Waals surface area contributed by atoms with E-state index in [0.717, 1.165) is 31.9 Å². The third kappa shape index (κ3) is 6.50. The van der Waals surface area contributed by atoms with E-state index in [4.69, 9.17) is 21.1 Å². The van der Waals surface area contributed by atoms with E-state index in [0.29, 0.717) is 31.4 Å². The SMILES string of the molecule is CN1CCN(CC(O)COCCOc2ccc(Cl)cc2)CC1. The Balaban J connectivity index is 1.51. The van der Waals surface area contributed by atoms with Crippen LogP contribution in [-0.4, -0.2) is 80.6 Å². The minimum Gasteiger partial charge on any atom is -0.491 e. The first-order valence-corrected chi connectivity index (χ1v) is 8.06. The molecule has 0 amide bonds. The van der Waals surface area contributed by atoms with Crippen LogP contribution in [0.3, 0.4) is 0 Å². The maximum atomic E-state index is 9.98. The number of hydrogen-bond acceptors (Lipinski definition) is 5. The molecule has 1 heterocycles. The molecule has 22 heavy (non-hydrogen) atoms. The summed E-state index contributed by atoms with van der Waals surface area (Å²) in [6.07, 6.45) is -0.445. The van der Waals surface area contributed by atoms with E-state index in [9.17, 15) is 5.11 Å². The second-order valence-electron chi connectivity index (χ2n) is 5.64. The summed E-state index contributed by atoms with van der Waals surface area (Å²) in [6, 6.07) is 7.23. The van der Waals surface area contributed by atoms with Gasteiger partial charge in [0.1, 0.15) is 12.4 Å². The van der Waals surface area contributed by atoms with Gasteiger partial charge in [0, 0.05) is 37.7 Å². The van der Waals surface area contributed by atoms with Crippen LogP contribution in [0, 0.1) is 0 Å². The van der Waals surface area contributed by atoms with E-state index in [2.05, 4.69) is 16.8 Å². The lowest BCUT2D eigenvalue weighted by molar-refractivity contribution is 0.00150. The number of aliphatic hydroxyl groups excluding tert-OH is 1. The molecule has 1 aromatic rings. The summed E-state index contributed by atoms with van der Waals surface area (Å²) in [4.78, 5) is 4.58. The second kappa shape index (κ2) is 9.33. The third-order valence-electron chi connectivity index (χ3n) is 3.69. The first-order chi connectivity index (χ1) is 10.6. The van der Waals surface area contributed by atoms with Crippen molar-refractivity contribution in [3.05, 3.63) is 29.3 Å². The highest BCUT2D eigenvalue weighted by Crippen LogP contribution is 2.15. The van der Waals surface area contributed by atoms with Crippen molar-refractivity contribution in [3.63, 3.8) is 0 Å². The number of aliphatic hydroxyl groups is 1. The molecule has 1 atom stereocenters. The Morgan fingerprint density at radius 1 is 1.14 bits per heavy atom. The van der Waals surface area contributed by atoms with E-state index >= 15 is 0 Å². The van der Waals surface area contributed by atoms with Crippen molar-refractivity contribution in [2.75, 3.05) is 59.6 Å². The minimum atomic E-state index is -0.445. The summed E-state index contributed by atoms with van der Waals surface area (Å²) in [5, 5.41) is 10.7. The smallest absolute Gasteiger partial charge is 0.119 e. The van der Waals surface area contributed by atoms with Gasteiger partial charge in [0.2, 0.25) is 0 Å². The van der Waals surface area contributed by atoms with Crippen LogP contribution in [0.4, 0.5) is 0 Å². The quantitative estimate of drug-likeness (QED) is 0.730. The lowest BCUT2D eigenvalue weighted by atomic mass is 10.3. The normalized spacial score (nSPS) is 18.3. The van der Waals surface area contributed by atoms with Gasteiger partial charge in [0.25, 0.3) is 0 Å². The molecule has 1 saturated heterocycles. The maximum Gasteiger partial charge on any atom is 0.119 e. The zero-order valence-electron chi connectivity index (χ0n) is 13.1. The summed E-state index contributed by atoms with van der Waals surface area (Å²) in [5.41, 5.74) is 0. The van der Waals surface area contributed by atoms with E-state index in [1.54, 1.807) is 12.1 Å². The van der Waals surface area contributed by atoms with E-state index in [1.165, 1.54) is 0 Å². The molecule has 5 nitrogen and oxygen atoms in total. The molecule has 1 aliphatic heterocycles. The van der Waals surface area contributed by atoms with Gasteiger partial charge in [-0.25, -0.2) is 0 Å². The number of piperazine rings is 1. The van der Waals surface area contributed by atoms with Crippen LogP contribution in [0.25, 0.3) is 0 Å². The second-order valence-corrected chi connectivity index (χ2v) is 6.07. The standard InChI is InChI=1S/C16H25ClN2O3/c1-18-6-8-19(9-7-18)12-15(20)13-21-10-11-22-16-4-2-14(17)3-5-16/h2-5,15,20H,6-13H2,1H3. The predicted molar refractivity (Wildman–Crippen MR) is 87.7 cm³/mol. The molecule has 0 radical (unpaired) electrons. The Bertz CT molecular complexity index is 422. The van der Waals surface area contributed by atoms with Crippen molar-refractivity contribution in [1.29, 1.82) is 0 Å². The molecular formula is C16H25ClN2O3. The van der Waals surface area contributed by atoms with Crippen molar-refractivity contribution < 1.29 is 14.6 Å². The van der Waals surface area contributed by atoms with E-state index < -0.39 is 6.10 Å². The van der Waals surface area contributed by atoms with Crippen molar-refractivity contribution in [3.8, 4) is 5.75 Å². The van der Waals surface area contributed by atoms with Crippen LogP contribution in [0.5, 0.6) is 5.75 Å². The van der Waals surface area contributed by atoms with Gasteiger partial charge in [-0.3, -0.25) is 4.90 Å². The van der Waals surface area contributed by atoms with Gasteiger partial charge in [0.15, 0.2) is 0 Å². The fraction of sp³-hybridized carbons (Fsp3) is 0.625. The van der Waals surface area contributed by atoms with Crippen LogP contribution < -0.4 is 4.74 Å². The highest BCUT2D eigenvalue weighted by Gasteiger charge is 2.16. The molecule has 1 N–H and O–H groups in total. The molecule has 0 aliphatic carbocycles. The van der Waals surface area contributed by atoms with Crippen molar-refractivity contribution in [2.24, 2.45) is 0 Å². The lowest BCUT2D eigenvalue weighted by Crippen LogP contribution is -2.47. The number of β-amino-alcohol motifs (C(OH)–C–C–N with tert-alkyl or cyclic N) is 1. The van der Waals surface area contributed by atoms with Crippen LogP contribution in [0.1, 0.15) is 0 Å². The zero-order chi connectivity index (χ0) is 15.8. The molecule has 2 rings (SSSR count). The van der Waals surface area contributed by atoms with Gasteiger partial charge in [-0.15, -0.1) is 0 Å². The number of ether oxygens (including phenoxy) is 2. The summed E-state index contributed by atoms with van der Waals surface area (Å²) in [6.45, 7) is 6.07. The number of benzene rings is 1. The van der Waals surface area contributed by atoms with Crippen LogP contribution in [0.15, 0.2) is 24.3 Å². The molecule has 1 aromatic carbocycles. The highest BCUT2D eigenvalue weighted by molar-refractivity contribution is 6.30. The Kier molecular flexibility index (Phi) is 7.42. The van der Waals surface area contributed by atoms with Crippen LogP contribution in [-0.2, 0) is 4.74 Å². The number of hydrogen-bond donors (Lipinski definition) is 1. The zero-order valence-corrected chi connectivity index (χ0v) is 13.8. The molecule has 0 bridgehead atoms. The van der Waals surface area contributed by atoms with Crippen LogP contribution in [0.2, 0.25) is 5.02 Å². The largest absolute Gasteiger partial charge is 0.491 e. The molecule has 124 valence electrons. The van der Waals surface area contributed by atoms with Crippen molar-refractivity contribution in [1.82, 2.24) is 9.80 Å². The summed E-state index contributed by atoms with van der Waals surface area (Å²) >= 11 is 5.80. The Morgan fingerprint density at radius 3 is 2.50 bits per heavy atom. The molecule has 6 heteroatoms. The average molecular weight is 329 g/mol. The van der Waals surface area contributed by atoms with Gasteiger partial charge in [-0.2, -0.15) is 0 Å². The minimum absolute atomic E-state index is 0.344. The van der Waals surface area contributed by atoms with Crippen molar-refractivity contribution >= 4 is 11.6 Å². The number of likely N-dealkylation sites (N-methyl/N-ethyl adjacent to an activating group) is 1. The van der Waals surface area contributed by atoms with Crippen LogP contribution >= 0.6 is 11.6 Å². The fourth-order valence-corrected chi connectivity index (χ4v) is 2.48. The third-order valence-corrected chi connectivity index (χ3v) is 3.94. The summed E-state index contributed by atoms with van der Waals surface area (Å²) in [5.74, 6) is 0.769. The van der Waals surface area contributed by atoms with Crippen molar-refractivity contribution in [2.45, 2.75) is 6.10 Å². The fourth-order valence-electron chi connectivity index (χ4n) is 2.35. The molecular weight excluding hydrogens is 304 g/mol. The van der Waals surface area contributed by atoms with Gasteiger partial charge in [-0.05, 0) is 31.3 Å². The molecule has 1 unspecified atom stereocenters. The Hall–Kier alpha value is -0.850.